The summed E-state index contributed by atoms with van der Waals surface area (Å²) in [4.78, 5) is 12.2. The maximum Gasteiger partial charge on any atom is 0.342 e. The van der Waals surface area contributed by atoms with Crippen LogP contribution in [0.25, 0.3) is 5.69 Å². The van der Waals surface area contributed by atoms with Crippen molar-refractivity contribution in [3.05, 3.63) is 46.7 Å². The predicted molar refractivity (Wildman–Crippen MR) is 80.4 cm³/mol. The van der Waals surface area contributed by atoms with Gasteiger partial charge in [0.15, 0.2) is 5.75 Å². The molecule has 0 radical (unpaired) electrons. The number of benzene rings is 1. The third-order valence-corrected chi connectivity index (χ3v) is 3.73. The van der Waals surface area contributed by atoms with E-state index < -0.39 is 11.6 Å². The monoisotopic (exact) mass is 305 g/mol. The van der Waals surface area contributed by atoms with Gasteiger partial charge in [-0.3, -0.25) is 0 Å². The van der Waals surface area contributed by atoms with E-state index in [1.54, 1.807) is 19.1 Å². The van der Waals surface area contributed by atoms with Crippen LogP contribution in [0, 0.1) is 0 Å². The number of aromatic nitrogens is 1. The van der Waals surface area contributed by atoms with Crippen molar-refractivity contribution in [1.82, 2.24) is 4.57 Å². The Balaban J connectivity index is 2.24. The molecule has 2 heterocycles. The molecule has 0 spiro atoms. The number of carbonyl (C=O) groups excluding carboxylic acids is 1. The summed E-state index contributed by atoms with van der Waals surface area (Å²) in [6, 6.07) is 7.32. The summed E-state index contributed by atoms with van der Waals surface area (Å²) < 4.78 is 13.2. The van der Waals surface area contributed by atoms with Gasteiger partial charge in [0, 0.05) is 11.2 Å². The molecule has 5 heteroatoms. The van der Waals surface area contributed by atoms with Crippen LogP contribution >= 0.6 is 11.6 Å². The average molecular weight is 306 g/mol. The lowest BCUT2D eigenvalue weighted by molar-refractivity contribution is 0.0499. The Morgan fingerprint density at radius 3 is 2.90 bits per heavy atom. The van der Waals surface area contributed by atoms with E-state index in [2.05, 4.69) is 0 Å². The van der Waals surface area contributed by atoms with Crippen LogP contribution in [0.4, 0.5) is 0 Å². The first kappa shape index (κ1) is 14.0. The number of carbonyl (C=O) groups is 1. The lowest BCUT2D eigenvalue weighted by atomic mass is 10.0. The first-order chi connectivity index (χ1) is 9.94. The minimum absolute atomic E-state index is 0.304. The van der Waals surface area contributed by atoms with Gasteiger partial charge < -0.3 is 14.0 Å². The predicted octanol–water partition coefficient (Wildman–Crippen LogP) is 3.93. The summed E-state index contributed by atoms with van der Waals surface area (Å²) >= 11 is 6.15. The van der Waals surface area contributed by atoms with Crippen LogP contribution in [0.5, 0.6) is 5.75 Å². The van der Waals surface area contributed by atoms with Gasteiger partial charge in [0.25, 0.3) is 0 Å². The molecule has 21 heavy (non-hydrogen) atoms. The van der Waals surface area contributed by atoms with Crippen molar-refractivity contribution in [2.45, 2.75) is 26.4 Å². The topological polar surface area (TPSA) is 40.5 Å². The lowest BCUT2D eigenvalue weighted by Gasteiger charge is -2.35. The summed E-state index contributed by atoms with van der Waals surface area (Å²) in [6.07, 6.45) is 1.93. The zero-order valence-corrected chi connectivity index (χ0v) is 12.9. The van der Waals surface area contributed by atoms with Crippen molar-refractivity contribution in [3.63, 3.8) is 0 Å². The van der Waals surface area contributed by atoms with Crippen LogP contribution in [0.1, 0.15) is 36.8 Å². The van der Waals surface area contributed by atoms with E-state index in [0.29, 0.717) is 22.9 Å². The van der Waals surface area contributed by atoms with Crippen LogP contribution in [0.15, 0.2) is 30.5 Å². The molecule has 0 bridgehead atoms. The number of hydrogen-bond acceptors (Lipinski definition) is 3. The highest BCUT2D eigenvalue weighted by molar-refractivity contribution is 6.31. The number of halogens is 1. The van der Waals surface area contributed by atoms with Crippen molar-refractivity contribution in [2.24, 2.45) is 0 Å². The van der Waals surface area contributed by atoms with E-state index in [4.69, 9.17) is 21.1 Å². The summed E-state index contributed by atoms with van der Waals surface area (Å²) in [5.74, 6) is 0.0780. The minimum Gasteiger partial charge on any atom is -0.478 e. The maximum atomic E-state index is 12.2. The molecule has 0 aliphatic carbocycles. The molecule has 3 rings (SSSR count). The Bertz CT molecular complexity index is 718. The molecular formula is C16H16ClNO3. The van der Waals surface area contributed by atoms with E-state index in [0.717, 1.165) is 11.4 Å². The molecule has 110 valence electrons. The van der Waals surface area contributed by atoms with E-state index in [-0.39, 0.29) is 0 Å². The van der Waals surface area contributed by atoms with Crippen LogP contribution < -0.4 is 4.74 Å². The summed E-state index contributed by atoms with van der Waals surface area (Å²) in [5, 5.41) is 0.472. The number of fused-ring (bicyclic) bond motifs is 3. The van der Waals surface area contributed by atoms with Gasteiger partial charge in [-0.2, -0.15) is 0 Å². The number of esters is 1. The molecule has 4 nitrogen and oxygen atoms in total. The second-order valence-electron chi connectivity index (χ2n) is 5.40. The van der Waals surface area contributed by atoms with Crippen molar-refractivity contribution in [3.8, 4) is 11.4 Å². The number of rotatable bonds is 2. The van der Waals surface area contributed by atoms with E-state index in [9.17, 15) is 4.79 Å². The van der Waals surface area contributed by atoms with Crippen LogP contribution in [-0.2, 0) is 10.3 Å². The molecule has 1 aromatic heterocycles. The minimum atomic E-state index is -0.536. The van der Waals surface area contributed by atoms with Gasteiger partial charge in [0.2, 0.25) is 0 Å². The summed E-state index contributed by atoms with van der Waals surface area (Å²) in [7, 11) is 0. The molecule has 0 saturated heterocycles. The quantitative estimate of drug-likeness (QED) is 0.789. The molecule has 1 aromatic carbocycles. The van der Waals surface area contributed by atoms with Crippen LogP contribution in [0.2, 0.25) is 5.02 Å². The number of hydrogen-bond donors (Lipinski definition) is 0. The highest BCUT2D eigenvalue weighted by Crippen LogP contribution is 2.42. The fourth-order valence-electron chi connectivity index (χ4n) is 2.62. The second kappa shape index (κ2) is 4.81. The fourth-order valence-corrected chi connectivity index (χ4v) is 2.83. The average Bonchev–Trinajstić information content (AvgIpc) is 2.90. The third kappa shape index (κ3) is 2.20. The summed E-state index contributed by atoms with van der Waals surface area (Å²) in [5.41, 5.74) is 1.58. The van der Waals surface area contributed by atoms with Gasteiger partial charge in [-0.05, 0) is 45.0 Å². The Kier molecular flexibility index (Phi) is 3.21. The highest BCUT2D eigenvalue weighted by Gasteiger charge is 2.35. The van der Waals surface area contributed by atoms with Gasteiger partial charge in [-0.1, -0.05) is 11.6 Å². The molecule has 0 N–H and O–H groups in total. The highest BCUT2D eigenvalue weighted by atomic mass is 35.5. The molecule has 1 aliphatic rings. The molecule has 0 unspecified atom stereocenters. The van der Waals surface area contributed by atoms with Gasteiger partial charge in [-0.25, -0.2) is 4.79 Å². The van der Waals surface area contributed by atoms with Crippen molar-refractivity contribution < 1.29 is 14.3 Å². The Morgan fingerprint density at radius 2 is 2.19 bits per heavy atom. The van der Waals surface area contributed by atoms with Gasteiger partial charge in [0.05, 0.1) is 18.0 Å². The Hall–Kier alpha value is -1.94. The van der Waals surface area contributed by atoms with Crippen molar-refractivity contribution in [1.29, 1.82) is 0 Å². The van der Waals surface area contributed by atoms with Crippen LogP contribution in [0.3, 0.4) is 0 Å². The standard InChI is InChI=1S/C16H16ClNO3/c1-4-20-15(19)11-8-10(17)9-12-14(11)21-16(2,3)13-6-5-7-18(12)13/h5-9H,4H2,1-3H3. The maximum absolute atomic E-state index is 12.2. The van der Waals surface area contributed by atoms with Gasteiger partial charge >= 0.3 is 5.97 Å². The fraction of sp³-hybridized carbons (Fsp3) is 0.312. The number of nitrogens with zero attached hydrogens (tertiary/aromatic N) is 1. The molecule has 0 atom stereocenters. The Labute approximate surface area is 128 Å². The first-order valence-corrected chi connectivity index (χ1v) is 7.19. The van der Waals surface area contributed by atoms with Crippen LogP contribution in [-0.4, -0.2) is 17.1 Å². The first-order valence-electron chi connectivity index (χ1n) is 6.82. The van der Waals surface area contributed by atoms with Gasteiger partial charge in [0.1, 0.15) is 11.2 Å². The normalized spacial score (nSPS) is 14.9. The molecule has 0 amide bonds. The SMILES string of the molecule is CCOC(=O)c1cc(Cl)cc2c1OC(C)(C)c1cccn1-2. The molecular weight excluding hydrogens is 290 g/mol. The van der Waals surface area contributed by atoms with Gasteiger partial charge in [-0.15, -0.1) is 0 Å². The van der Waals surface area contributed by atoms with Crippen molar-refractivity contribution >= 4 is 17.6 Å². The van der Waals surface area contributed by atoms with Crippen molar-refractivity contribution in [2.75, 3.05) is 6.61 Å². The third-order valence-electron chi connectivity index (χ3n) is 3.51. The molecule has 0 saturated carbocycles. The zero-order valence-electron chi connectivity index (χ0n) is 12.1. The summed E-state index contributed by atoms with van der Waals surface area (Å²) in [6.45, 7) is 6.00. The largest absolute Gasteiger partial charge is 0.478 e. The molecule has 1 aliphatic heterocycles. The van der Waals surface area contributed by atoms with E-state index >= 15 is 0 Å². The molecule has 2 aromatic rings. The number of ether oxygens (including phenoxy) is 2. The smallest absolute Gasteiger partial charge is 0.342 e. The second-order valence-corrected chi connectivity index (χ2v) is 5.83. The Morgan fingerprint density at radius 1 is 1.43 bits per heavy atom. The van der Waals surface area contributed by atoms with E-state index in [1.165, 1.54) is 0 Å². The van der Waals surface area contributed by atoms with E-state index in [1.807, 2.05) is 36.7 Å². The zero-order chi connectivity index (χ0) is 15.2. The molecule has 0 fully saturated rings. The lowest BCUT2D eigenvalue weighted by Crippen LogP contribution is -2.33.